The first kappa shape index (κ1) is 24.9. The summed E-state index contributed by atoms with van der Waals surface area (Å²) in [5.41, 5.74) is 7.88. The number of hydrogen-bond donors (Lipinski definition) is 4. The van der Waals surface area contributed by atoms with Crippen molar-refractivity contribution in [3.8, 4) is 0 Å². The molecule has 0 saturated carbocycles. The van der Waals surface area contributed by atoms with Crippen LogP contribution in [0.4, 0.5) is 21.9 Å². The molecule has 0 radical (unpaired) electrons. The van der Waals surface area contributed by atoms with Gasteiger partial charge in [-0.05, 0) is 38.1 Å². The van der Waals surface area contributed by atoms with Gasteiger partial charge in [0.2, 0.25) is 5.96 Å². The number of oxazole rings is 1. The topological polar surface area (TPSA) is 148 Å². The molecule has 5 N–H and O–H groups in total. The Morgan fingerprint density at radius 2 is 1.97 bits per heavy atom. The zero-order valence-electron chi connectivity index (χ0n) is 20.2. The molecule has 3 heterocycles. The van der Waals surface area contributed by atoms with E-state index in [9.17, 15) is 14.0 Å². The Labute approximate surface area is 220 Å². The molecule has 192 valence electrons. The summed E-state index contributed by atoms with van der Waals surface area (Å²) in [5, 5.41) is 9.11. The second-order valence-electron chi connectivity index (χ2n) is 8.49. The van der Waals surface area contributed by atoms with E-state index in [4.69, 9.17) is 21.8 Å². The summed E-state index contributed by atoms with van der Waals surface area (Å²) < 4.78 is 19.4. The largest absolute Gasteiger partial charge is 0.423 e. The van der Waals surface area contributed by atoms with Crippen LogP contribution in [0.25, 0.3) is 11.1 Å². The first-order valence-corrected chi connectivity index (χ1v) is 11.8. The minimum absolute atomic E-state index is 0.0418. The van der Waals surface area contributed by atoms with Gasteiger partial charge in [-0.15, -0.1) is 0 Å². The molecule has 0 bridgehead atoms. The van der Waals surface area contributed by atoms with Crippen LogP contribution in [0.15, 0.2) is 75.4 Å². The highest BCUT2D eigenvalue weighted by Gasteiger charge is 2.31. The van der Waals surface area contributed by atoms with Gasteiger partial charge in [-0.1, -0.05) is 29.8 Å². The van der Waals surface area contributed by atoms with Crippen LogP contribution in [0.3, 0.4) is 0 Å². The molecule has 1 aliphatic heterocycles. The van der Waals surface area contributed by atoms with Gasteiger partial charge in [-0.3, -0.25) is 14.9 Å². The lowest BCUT2D eigenvalue weighted by atomic mass is 9.95. The molecule has 1 atom stereocenters. The number of amides is 1. The molecule has 12 heteroatoms. The maximum atomic E-state index is 13.8. The summed E-state index contributed by atoms with van der Waals surface area (Å²) in [6.07, 6.45) is 1.44. The lowest BCUT2D eigenvalue weighted by Crippen LogP contribution is -2.37. The Morgan fingerprint density at radius 1 is 1.18 bits per heavy atom. The standard InChI is InChI=1S/C26H21ClFN7O3/c1-12-22(24(37)33-21-9-14(13(2)36)7-8-30-21)23(15-5-3-4-6-16(15)27)34-25(31-12)35-26-32-19-11-18(29)17(28)10-20(19)38-26/h3-11,23H,29H2,1-2H3,(H,30,33,37)(H2,31,32,34,35). The molecule has 0 spiro atoms. The van der Waals surface area contributed by atoms with E-state index in [1.54, 1.807) is 37.3 Å². The van der Waals surface area contributed by atoms with Crippen LogP contribution in [-0.2, 0) is 4.79 Å². The quantitative estimate of drug-likeness (QED) is 0.211. The zero-order valence-corrected chi connectivity index (χ0v) is 20.9. The van der Waals surface area contributed by atoms with Crippen molar-refractivity contribution >= 4 is 57.9 Å². The highest BCUT2D eigenvalue weighted by molar-refractivity contribution is 6.31. The number of Topliss-reactive ketones (excluding diaryl/α,β-unsaturated/α-hetero) is 1. The van der Waals surface area contributed by atoms with E-state index in [1.807, 2.05) is 0 Å². The fourth-order valence-corrected chi connectivity index (χ4v) is 4.22. The van der Waals surface area contributed by atoms with Crippen LogP contribution < -0.4 is 21.7 Å². The first-order valence-electron chi connectivity index (χ1n) is 11.4. The third kappa shape index (κ3) is 4.91. The number of aliphatic imine (C=N–C) groups is 1. The number of anilines is 3. The molecule has 10 nitrogen and oxygen atoms in total. The molecule has 38 heavy (non-hydrogen) atoms. The van der Waals surface area contributed by atoms with Crippen LogP contribution in [0.2, 0.25) is 5.02 Å². The number of fused-ring (bicyclic) bond motifs is 1. The number of ketones is 1. The van der Waals surface area contributed by atoms with Crippen molar-refractivity contribution in [2.24, 2.45) is 4.99 Å². The van der Waals surface area contributed by atoms with E-state index in [0.29, 0.717) is 27.4 Å². The minimum atomic E-state index is -0.819. The highest BCUT2D eigenvalue weighted by Crippen LogP contribution is 2.35. The van der Waals surface area contributed by atoms with Crippen LogP contribution in [0.5, 0.6) is 0 Å². The lowest BCUT2D eigenvalue weighted by Gasteiger charge is -2.26. The lowest BCUT2D eigenvalue weighted by molar-refractivity contribution is -0.113. The number of guanidine groups is 1. The van der Waals surface area contributed by atoms with E-state index in [2.05, 4.69) is 30.9 Å². The SMILES string of the molecule is CC(=O)c1ccnc(NC(=O)C2=C(C)NC(Nc3nc4cc(N)c(F)cc4o3)=NC2c2ccccc2Cl)c1. The number of benzene rings is 2. The number of allylic oxidation sites excluding steroid dienone is 1. The van der Waals surface area contributed by atoms with Crippen molar-refractivity contribution in [2.75, 3.05) is 16.4 Å². The van der Waals surface area contributed by atoms with Gasteiger partial charge >= 0.3 is 6.01 Å². The van der Waals surface area contributed by atoms with Crippen molar-refractivity contribution < 1.29 is 18.4 Å². The number of rotatable bonds is 5. The fourth-order valence-electron chi connectivity index (χ4n) is 3.98. The van der Waals surface area contributed by atoms with Gasteiger partial charge in [0.25, 0.3) is 5.91 Å². The fraction of sp³-hybridized carbons (Fsp3) is 0.115. The monoisotopic (exact) mass is 533 g/mol. The molecule has 4 aromatic rings. The molecular weight excluding hydrogens is 513 g/mol. The molecule has 0 fully saturated rings. The number of halogens is 2. The summed E-state index contributed by atoms with van der Waals surface area (Å²) in [6.45, 7) is 3.13. The molecule has 1 aliphatic rings. The number of nitrogen functional groups attached to an aromatic ring is 1. The van der Waals surface area contributed by atoms with Crippen LogP contribution in [0.1, 0.15) is 35.8 Å². The highest BCUT2D eigenvalue weighted by atomic mass is 35.5. The predicted molar refractivity (Wildman–Crippen MR) is 142 cm³/mol. The second kappa shape index (κ2) is 9.94. The van der Waals surface area contributed by atoms with Gasteiger partial charge in [0.1, 0.15) is 23.2 Å². The summed E-state index contributed by atoms with van der Waals surface area (Å²) >= 11 is 6.49. The molecular formula is C26H21ClFN7O3. The summed E-state index contributed by atoms with van der Waals surface area (Å²) in [7, 11) is 0. The summed E-state index contributed by atoms with van der Waals surface area (Å²) in [6, 6.07) is 11.8. The molecule has 1 unspecified atom stereocenters. The Kier molecular flexibility index (Phi) is 6.52. The van der Waals surface area contributed by atoms with Crippen LogP contribution in [0, 0.1) is 5.82 Å². The van der Waals surface area contributed by atoms with Crippen molar-refractivity contribution in [1.82, 2.24) is 15.3 Å². The normalized spacial score (nSPS) is 15.2. The van der Waals surface area contributed by atoms with Crippen LogP contribution in [-0.4, -0.2) is 27.6 Å². The van der Waals surface area contributed by atoms with Gasteiger partial charge < -0.3 is 20.8 Å². The second-order valence-corrected chi connectivity index (χ2v) is 8.90. The van der Waals surface area contributed by atoms with Crippen molar-refractivity contribution in [2.45, 2.75) is 19.9 Å². The maximum absolute atomic E-state index is 13.8. The van der Waals surface area contributed by atoms with Crippen molar-refractivity contribution in [3.63, 3.8) is 0 Å². The summed E-state index contributed by atoms with van der Waals surface area (Å²) in [4.78, 5) is 38.3. The zero-order chi connectivity index (χ0) is 27.0. The predicted octanol–water partition coefficient (Wildman–Crippen LogP) is 4.83. The third-order valence-electron chi connectivity index (χ3n) is 5.83. The first-order chi connectivity index (χ1) is 18.2. The molecule has 0 saturated heterocycles. The molecule has 2 aromatic carbocycles. The van der Waals surface area contributed by atoms with Crippen molar-refractivity contribution in [3.05, 3.63) is 88.0 Å². The average Bonchev–Trinajstić information content (AvgIpc) is 3.24. The smallest absolute Gasteiger partial charge is 0.302 e. The van der Waals surface area contributed by atoms with E-state index < -0.39 is 17.8 Å². The number of hydrogen-bond acceptors (Lipinski definition) is 9. The molecule has 5 rings (SSSR count). The summed E-state index contributed by atoms with van der Waals surface area (Å²) in [5.74, 6) is -0.822. The number of carbonyl (C=O) groups excluding carboxylic acids is 2. The third-order valence-corrected chi connectivity index (χ3v) is 6.17. The average molecular weight is 534 g/mol. The number of pyridine rings is 1. The number of aromatic nitrogens is 2. The number of nitrogens with one attached hydrogen (secondary N) is 3. The van der Waals surface area contributed by atoms with E-state index >= 15 is 0 Å². The van der Waals surface area contributed by atoms with Gasteiger partial charge in [-0.2, -0.15) is 4.98 Å². The number of nitrogens with two attached hydrogens (primary N) is 1. The Balaban J connectivity index is 1.48. The van der Waals surface area contributed by atoms with Crippen LogP contribution >= 0.6 is 11.6 Å². The van der Waals surface area contributed by atoms with Crippen molar-refractivity contribution in [1.29, 1.82) is 0 Å². The minimum Gasteiger partial charge on any atom is -0.423 e. The molecule has 2 aromatic heterocycles. The number of carbonyl (C=O) groups is 2. The van der Waals surface area contributed by atoms with Gasteiger partial charge in [0.05, 0.1) is 11.3 Å². The molecule has 0 aliphatic carbocycles. The Hall–Kier alpha value is -4.77. The Bertz CT molecular complexity index is 1620. The van der Waals surface area contributed by atoms with E-state index in [0.717, 1.165) is 6.07 Å². The van der Waals surface area contributed by atoms with E-state index in [1.165, 1.54) is 25.3 Å². The molecule has 1 amide bonds. The van der Waals surface area contributed by atoms with Gasteiger partial charge in [0, 0.05) is 34.1 Å². The van der Waals surface area contributed by atoms with Gasteiger partial charge in [0.15, 0.2) is 11.4 Å². The van der Waals surface area contributed by atoms with Gasteiger partial charge in [-0.25, -0.2) is 14.4 Å². The Morgan fingerprint density at radius 3 is 2.74 bits per heavy atom. The van der Waals surface area contributed by atoms with E-state index in [-0.39, 0.29) is 40.4 Å². The maximum Gasteiger partial charge on any atom is 0.302 e. The number of nitrogens with zero attached hydrogens (tertiary/aromatic N) is 3.